The smallest absolute Gasteiger partial charge is 0.229 e. The molecule has 0 radical (unpaired) electrons. The molecular weight excluding hydrogens is 353 g/mol. The van der Waals surface area contributed by atoms with Gasteiger partial charge in [0.2, 0.25) is 5.91 Å². The number of benzene rings is 2. The first-order valence-corrected chi connectivity index (χ1v) is 9.68. The molecule has 1 saturated heterocycles. The van der Waals surface area contributed by atoms with Gasteiger partial charge in [0, 0.05) is 18.2 Å². The number of nitrogens with zero attached hydrogens (tertiary/aromatic N) is 1. The van der Waals surface area contributed by atoms with E-state index < -0.39 is 0 Å². The molecule has 0 saturated carbocycles. The van der Waals surface area contributed by atoms with E-state index in [1.165, 1.54) is 12.1 Å². The van der Waals surface area contributed by atoms with Crippen LogP contribution in [-0.4, -0.2) is 18.7 Å². The molecule has 0 aliphatic carbocycles. The topological polar surface area (TPSA) is 37.4 Å². The monoisotopic (exact) mass is 379 g/mol. The van der Waals surface area contributed by atoms with E-state index in [0.717, 1.165) is 35.1 Å². The average molecular weight is 379 g/mol. The quantitative estimate of drug-likeness (QED) is 0.548. The maximum absolute atomic E-state index is 14.1. The first kappa shape index (κ1) is 20.0. The highest BCUT2D eigenvalue weighted by Crippen LogP contribution is 2.34. The lowest BCUT2D eigenvalue weighted by Gasteiger charge is -2.38. The van der Waals surface area contributed by atoms with Gasteiger partial charge in [-0.25, -0.2) is 4.39 Å². The Morgan fingerprint density at radius 3 is 2.50 bits per heavy atom. The summed E-state index contributed by atoms with van der Waals surface area (Å²) in [4.78, 5) is 25.4. The van der Waals surface area contributed by atoms with Crippen LogP contribution >= 0.6 is 0 Å². The second kappa shape index (κ2) is 8.51. The molecule has 2 aromatic rings. The van der Waals surface area contributed by atoms with E-state index in [-0.39, 0.29) is 23.6 Å². The van der Waals surface area contributed by atoms with Crippen LogP contribution < -0.4 is 4.90 Å². The molecule has 1 amide bonds. The van der Waals surface area contributed by atoms with Gasteiger partial charge in [-0.2, -0.15) is 0 Å². The normalized spacial score (nSPS) is 20.0. The molecule has 1 aliphatic rings. The first-order valence-electron chi connectivity index (χ1n) is 9.68. The number of carbonyl (C=O) groups is 2. The molecule has 0 bridgehead atoms. The molecule has 3 rings (SSSR count). The van der Waals surface area contributed by atoms with Crippen LogP contribution in [-0.2, 0) is 16.0 Å². The Morgan fingerprint density at radius 1 is 1.18 bits per heavy atom. The van der Waals surface area contributed by atoms with Gasteiger partial charge >= 0.3 is 0 Å². The van der Waals surface area contributed by atoms with Gasteiger partial charge in [-0.3, -0.25) is 9.59 Å². The van der Waals surface area contributed by atoms with Crippen LogP contribution in [0.25, 0.3) is 6.08 Å². The Hall–Kier alpha value is -2.75. The lowest BCUT2D eigenvalue weighted by molar-refractivity contribution is -0.124. The Labute approximate surface area is 165 Å². The second-order valence-electron chi connectivity index (χ2n) is 7.75. The summed E-state index contributed by atoms with van der Waals surface area (Å²) in [6.07, 6.45) is 5.37. The van der Waals surface area contributed by atoms with Crippen LogP contribution in [0.1, 0.15) is 35.6 Å². The predicted octanol–water partition coefficient (Wildman–Crippen LogP) is 4.89. The van der Waals surface area contributed by atoms with Crippen LogP contribution in [0.5, 0.6) is 0 Å². The molecule has 0 N–H and O–H groups in total. The minimum Gasteiger partial charge on any atom is -0.311 e. The number of carbonyl (C=O) groups excluding carboxylic acids is 2. The number of aldehydes is 1. The minimum absolute atomic E-state index is 0.0982. The van der Waals surface area contributed by atoms with Crippen molar-refractivity contribution in [3.8, 4) is 0 Å². The van der Waals surface area contributed by atoms with Crippen molar-refractivity contribution in [1.82, 2.24) is 0 Å². The summed E-state index contributed by atoms with van der Waals surface area (Å²) in [6.45, 7) is 6.51. The van der Waals surface area contributed by atoms with Crippen molar-refractivity contribution in [1.29, 1.82) is 0 Å². The number of piperidine rings is 1. The Balaban J connectivity index is 1.90. The second-order valence-corrected chi connectivity index (χ2v) is 7.75. The zero-order valence-corrected chi connectivity index (χ0v) is 16.6. The maximum atomic E-state index is 14.1. The fourth-order valence-corrected chi connectivity index (χ4v) is 4.28. The van der Waals surface area contributed by atoms with Crippen LogP contribution in [0, 0.1) is 31.5 Å². The van der Waals surface area contributed by atoms with Gasteiger partial charge in [-0.1, -0.05) is 31.2 Å². The van der Waals surface area contributed by atoms with E-state index in [0.29, 0.717) is 18.5 Å². The molecule has 0 unspecified atom stereocenters. The summed E-state index contributed by atoms with van der Waals surface area (Å²) in [5.41, 5.74) is 4.57. The van der Waals surface area contributed by atoms with Gasteiger partial charge in [0.15, 0.2) is 0 Å². The molecule has 2 aromatic carbocycles. The molecule has 4 heteroatoms. The Morgan fingerprint density at radius 2 is 1.86 bits per heavy atom. The fraction of sp³-hybridized carbons (Fsp3) is 0.333. The molecule has 146 valence electrons. The van der Waals surface area contributed by atoms with Crippen molar-refractivity contribution in [2.75, 3.05) is 11.4 Å². The van der Waals surface area contributed by atoms with Crippen molar-refractivity contribution >= 4 is 24.0 Å². The van der Waals surface area contributed by atoms with Crippen molar-refractivity contribution in [3.05, 3.63) is 70.5 Å². The van der Waals surface area contributed by atoms with Crippen molar-refractivity contribution in [2.45, 2.75) is 33.6 Å². The Kier molecular flexibility index (Phi) is 6.08. The number of anilines is 1. The highest BCUT2D eigenvalue weighted by molar-refractivity contribution is 5.97. The highest BCUT2D eigenvalue weighted by atomic mass is 19.1. The summed E-state index contributed by atoms with van der Waals surface area (Å²) in [5.74, 6) is 0.0430. The zero-order valence-electron chi connectivity index (χ0n) is 16.6. The number of hydrogen-bond acceptors (Lipinski definition) is 2. The molecular formula is C24H26FNO2. The zero-order chi connectivity index (χ0) is 20.3. The van der Waals surface area contributed by atoms with Crippen LogP contribution in [0.4, 0.5) is 10.1 Å². The number of aryl methyl sites for hydroxylation is 2. The SMILES string of the molecule is Cc1cc(/C=C/C=O)cc(C)c1N1C[C@@H](Cc2ccccc2F)C[C@@H](C)C1=O. The number of hydrogen-bond donors (Lipinski definition) is 0. The van der Waals surface area contributed by atoms with Gasteiger partial charge < -0.3 is 4.90 Å². The first-order chi connectivity index (χ1) is 13.4. The number of amides is 1. The van der Waals surface area contributed by atoms with E-state index >= 15 is 0 Å². The molecule has 0 aromatic heterocycles. The van der Waals surface area contributed by atoms with E-state index in [1.807, 2.05) is 49.9 Å². The molecule has 1 aliphatic heterocycles. The number of halogens is 1. The molecule has 0 spiro atoms. The van der Waals surface area contributed by atoms with E-state index in [1.54, 1.807) is 12.1 Å². The van der Waals surface area contributed by atoms with Crippen LogP contribution in [0.15, 0.2) is 42.5 Å². The summed E-state index contributed by atoms with van der Waals surface area (Å²) in [7, 11) is 0. The van der Waals surface area contributed by atoms with Gasteiger partial charge in [-0.05, 0) is 79.1 Å². The van der Waals surface area contributed by atoms with Gasteiger partial charge in [0.05, 0.1) is 0 Å². The number of rotatable bonds is 5. The molecule has 2 atom stereocenters. The van der Waals surface area contributed by atoms with Crippen molar-refractivity contribution in [2.24, 2.45) is 11.8 Å². The van der Waals surface area contributed by atoms with E-state index in [4.69, 9.17) is 0 Å². The lowest BCUT2D eigenvalue weighted by Crippen LogP contribution is -2.46. The van der Waals surface area contributed by atoms with Crippen molar-refractivity contribution < 1.29 is 14.0 Å². The van der Waals surface area contributed by atoms with E-state index in [2.05, 4.69) is 0 Å². The minimum atomic E-state index is -0.183. The third kappa shape index (κ3) is 4.22. The standard InChI is InChI=1S/C24H26FNO2/c1-16-11-19(7-6-10-27)12-17(2)23(16)26-15-20(13-18(3)24(26)28)14-21-8-4-5-9-22(21)25/h4-12,18,20H,13-15H2,1-3H3/b7-6+/t18-,20-/m1/s1. The molecule has 1 fully saturated rings. The molecule has 1 heterocycles. The maximum Gasteiger partial charge on any atom is 0.229 e. The van der Waals surface area contributed by atoms with Crippen LogP contribution in [0.3, 0.4) is 0 Å². The summed E-state index contributed by atoms with van der Waals surface area (Å²) in [5, 5.41) is 0. The van der Waals surface area contributed by atoms with Gasteiger partial charge in [0.1, 0.15) is 12.1 Å². The summed E-state index contributed by atoms with van der Waals surface area (Å²) < 4.78 is 14.1. The van der Waals surface area contributed by atoms with Gasteiger partial charge in [0.25, 0.3) is 0 Å². The largest absolute Gasteiger partial charge is 0.311 e. The van der Waals surface area contributed by atoms with Crippen LogP contribution in [0.2, 0.25) is 0 Å². The van der Waals surface area contributed by atoms with E-state index in [9.17, 15) is 14.0 Å². The third-order valence-electron chi connectivity index (χ3n) is 5.43. The lowest BCUT2D eigenvalue weighted by atomic mass is 9.84. The summed E-state index contributed by atoms with van der Waals surface area (Å²) in [6, 6.07) is 10.8. The van der Waals surface area contributed by atoms with Crippen molar-refractivity contribution in [3.63, 3.8) is 0 Å². The Bertz CT molecular complexity index is 896. The number of allylic oxidation sites excluding steroid dienone is 1. The van der Waals surface area contributed by atoms with Gasteiger partial charge in [-0.15, -0.1) is 0 Å². The summed E-state index contributed by atoms with van der Waals surface area (Å²) >= 11 is 0. The highest BCUT2D eigenvalue weighted by Gasteiger charge is 2.34. The molecule has 3 nitrogen and oxygen atoms in total. The fourth-order valence-electron chi connectivity index (χ4n) is 4.28. The molecule has 28 heavy (non-hydrogen) atoms. The average Bonchev–Trinajstić information content (AvgIpc) is 2.65. The third-order valence-corrected chi connectivity index (χ3v) is 5.43. The predicted molar refractivity (Wildman–Crippen MR) is 111 cm³/mol.